The van der Waals surface area contributed by atoms with Crippen molar-refractivity contribution in [2.45, 2.75) is 26.2 Å². The first-order chi connectivity index (χ1) is 16.8. The minimum absolute atomic E-state index is 0.155. The molecule has 0 aliphatic rings. The van der Waals surface area contributed by atoms with E-state index in [1.807, 2.05) is 74.2 Å². The zero-order chi connectivity index (χ0) is 24.7. The molecule has 7 nitrogen and oxygen atoms in total. The molecule has 0 atom stereocenters. The quantitative estimate of drug-likeness (QED) is 0.376. The number of hydrogen-bond acceptors (Lipinski definition) is 5. The van der Waals surface area contributed by atoms with Gasteiger partial charge in [0.05, 0.1) is 28.7 Å². The summed E-state index contributed by atoms with van der Waals surface area (Å²) in [6, 6.07) is 20.3. The molecule has 0 unspecified atom stereocenters. The number of carbonyl (C=O) groups is 1. The Morgan fingerprint density at radius 3 is 2.34 bits per heavy atom. The summed E-state index contributed by atoms with van der Waals surface area (Å²) in [4.78, 5) is 20.3. The van der Waals surface area contributed by atoms with E-state index in [0.29, 0.717) is 5.82 Å². The van der Waals surface area contributed by atoms with Crippen molar-refractivity contribution in [3.05, 3.63) is 72.6 Å². The number of nitrogens with one attached hydrogen (secondary N) is 1. The molecule has 3 heterocycles. The number of hydrogen-bond donors (Lipinski definition) is 1. The summed E-state index contributed by atoms with van der Waals surface area (Å²) >= 11 is 0. The van der Waals surface area contributed by atoms with Gasteiger partial charge in [-0.1, -0.05) is 30.3 Å². The number of nitriles is 1. The molecule has 172 valence electrons. The van der Waals surface area contributed by atoms with Gasteiger partial charge in [0.15, 0.2) is 0 Å². The van der Waals surface area contributed by atoms with Crippen LogP contribution in [-0.2, 0) is 17.3 Å². The zero-order valence-electron chi connectivity index (χ0n) is 20.0. The van der Waals surface area contributed by atoms with E-state index < -0.39 is 5.41 Å². The maximum Gasteiger partial charge on any atom is 0.222 e. The second-order valence-corrected chi connectivity index (χ2v) is 9.15. The topological polar surface area (TPSA) is 96.5 Å². The molecule has 5 rings (SSSR count). The average molecular weight is 461 g/mol. The molecule has 0 saturated carbocycles. The van der Waals surface area contributed by atoms with Gasteiger partial charge in [0, 0.05) is 42.1 Å². The molecule has 0 saturated heterocycles. The van der Waals surface area contributed by atoms with Gasteiger partial charge in [-0.2, -0.15) is 10.4 Å². The van der Waals surface area contributed by atoms with Crippen LogP contribution in [0.15, 0.2) is 67.0 Å². The highest BCUT2D eigenvalue weighted by Crippen LogP contribution is 2.35. The number of aryl methyl sites for hydroxylation is 1. The maximum atomic E-state index is 11.3. The highest BCUT2D eigenvalue weighted by atomic mass is 16.1. The van der Waals surface area contributed by atoms with E-state index in [2.05, 4.69) is 27.4 Å². The number of rotatable bonds is 4. The highest BCUT2D eigenvalue weighted by molar-refractivity contribution is 6.12. The molecule has 0 spiro atoms. The van der Waals surface area contributed by atoms with Crippen LogP contribution in [0.4, 0.5) is 5.82 Å². The summed E-state index contributed by atoms with van der Waals surface area (Å²) < 4.78 is 1.85. The molecule has 3 aromatic heterocycles. The first-order valence-corrected chi connectivity index (χ1v) is 11.3. The zero-order valence-corrected chi connectivity index (χ0v) is 20.0. The van der Waals surface area contributed by atoms with Crippen LogP contribution in [0.5, 0.6) is 0 Å². The molecule has 0 fully saturated rings. The number of amides is 1. The van der Waals surface area contributed by atoms with Crippen molar-refractivity contribution < 1.29 is 4.79 Å². The SMILES string of the molecule is CC(=O)Nc1ccc(-c2ccc3ncc4c(c(-c5ccc(C(C)(C)C#N)cc5)nn4C)c3c2)cn1. The monoisotopic (exact) mass is 460 g/mol. The average Bonchev–Trinajstić information content (AvgIpc) is 3.21. The van der Waals surface area contributed by atoms with E-state index >= 15 is 0 Å². The fourth-order valence-electron chi connectivity index (χ4n) is 4.24. The van der Waals surface area contributed by atoms with Crippen LogP contribution >= 0.6 is 0 Å². The van der Waals surface area contributed by atoms with Gasteiger partial charge >= 0.3 is 0 Å². The van der Waals surface area contributed by atoms with Crippen molar-refractivity contribution in [1.82, 2.24) is 19.7 Å². The van der Waals surface area contributed by atoms with Crippen LogP contribution in [-0.4, -0.2) is 25.7 Å². The van der Waals surface area contributed by atoms with Gasteiger partial charge in [-0.15, -0.1) is 0 Å². The van der Waals surface area contributed by atoms with Gasteiger partial charge in [0.1, 0.15) is 11.5 Å². The normalized spacial score (nSPS) is 11.5. The van der Waals surface area contributed by atoms with Gasteiger partial charge in [-0.05, 0) is 49.2 Å². The second kappa shape index (κ2) is 8.33. The Labute approximate surface area is 203 Å². The van der Waals surface area contributed by atoms with E-state index in [-0.39, 0.29) is 5.91 Å². The van der Waals surface area contributed by atoms with Crippen LogP contribution in [0.1, 0.15) is 26.3 Å². The number of aromatic nitrogens is 4. The molecule has 2 aromatic carbocycles. The minimum atomic E-state index is -0.556. The van der Waals surface area contributed by atoms with E-state index in [0.717, 1.165) is 49.8 Å². The summed E-state index contributed by atoms with van der Waals surface area (Å²) in [6.45, 7) is 5.29. The van der Waals surface area contributed by atoms with Crippen molar-refractivity contribution in [2.75, 3.05) is 5.32 Å². The van der Waals surface area contributed by atoms with Crippen molar-refractivity contribution in [3.63, 3.8) is 0 Å². The molecule has 5 aromatic rings. The van der Waals surface area contributed by atoms with Crippen molar-refractivity contribution >= 4 is 33.5 Å². The molecule has 0 aliphatic heterocycles. The molecule has 1 N–H and O–H groups in total. The van der Waals surface area contributed by atoms with Crippen LogP contribution in [0.3, 0.4) is 0 Å². The third-order valence-electron chi connectivity index (χ3n) is 6.24. The van der Waals surface area contributed by atoms with Crippen molar-refractivity contribution in [3.8, 4) is 28.5 Å². The van der Waals surface area contributed by atoms with E-state index in [4.69, 9.17) is 5.10 Å². The van der Waals surface area contributed by atoms with E-state index in [9.17, 15) is 10.1 Å². The Morgan fingerprint density at radius 1 is 0.971 bits per heavy atom. The minimum Gasteiger partial charge on any atom is -0.311 e. The predicted octanol–water partition coefficient (Wildman–Crippen LogP) is 5.61. The number of carbonyl (C=O) groups excluding carboxylic acids is 1. The van der Waals surface area contributed by atoms with Gasteiger partial charge in [0.25, 0.3) is 0 Å². The molecular formula is C28H24N6O. The number of benzene rings is 2. The third-order valence-corrected chi connectivity index (χ3v) is 6.24. The van der Waals surface area contributed by atoms with Crippen LogP contribution in [0.2, 0.25) is 0 Å². The van der Waals surface area contributed by atoms with E-state index in [1.54, 1.807) is 12.3 Å². The number of anilines is 1. The summed E-state index contributed by atoms with van der Waals surface area (Å²) in [7, 11) is 1.92. The first kappa shape index (κ1) is 22.2. The molecule has 0 radical (unpaired) electrons. The molecule has 0 aliphatic carbocycles. The largest absolute Gasteiger partial charge is 0.311 e. The lowest BCUT2D eigenvalue weighted by atomic mass is 9.86. The van der Waals surface area contributed by atoms with Crippen LogP contribution < -0.4 is 5.32 Å². The van der Waals surface area contributed by atoms with Gasteiger partial charge < -0.3 is 5.32 Å². The smallest absolute Gasteiger partial charge is 0.222 e. The van der Waals surface area contributed by atoms with Crippen molar-refractivity contribution in [1.29, 1.82) is 5.26 Å². The lowest BCUT2D eigenvalue weighted by Gasteiger charge is -2.15. The molecule has 35 heavy (non-hydrogen) atoms. The summed E-state index contributed by atoms with van der Waals surface area (Å²) in [5.74, 6) is 0.362. The molecule has 7 heteroatoms. The predicted molar refractivity (Wildman–Crippen MR) is 138 cm³/mol. The fraction of sp³-hybridized carbons (Fsp3) is 0.179. The first-order valence-electron chi connectivity index (χ1n) is 11.3. The Hall–Kier alpha value is -4.57. The lowest BCUT2D eigenvalue weighted by molar-refractivity contribution is -0.114. The molecule has 1 amide bonds. The summed E-state index contributed by atoms with van der Waals surface area (Å²) in [6.07, 6.45) is 3.60. The Balaban J connectivity index is 1.65. The summed E-state index contributed by atoms with van der Waals surface area (Å²) in [5.41, 5.74) is 6.00. The lowest BCUT2D eigenvalue weighted by Crippen LogP contribution is -2.13. The Kier molecular flexibility index (Phi) is 5.29. The Morgan fingerprint density at radius 2 is 1.69 bits per heavy atom. The highest BCUT2D eigenvalue weighted by Gasteiger charge is 2.21. The third kappa shape index (κ3) is 4.00. The molecular weight excluding hydrogens is 436 g/mol. The van der Waals surface area contributed by atoms with Crippen LogP contribution in [0, 0.1) is 11.3 Å². The summed E-state index contributed by atoms with van der Waals surface area (Å²) in [5, 5.41) is 19.0. The number of fused-ring (bicyclic) bond motifs is 3. The van der Waals surface area contributed by atoms with Crippen molar-refractivity contribution in [2.24, 2.45) is 7.05 Å². The van der Waals surface area contributed by atoms with Gasteiger partial charge in [0.2, 0.25) is 5.91 Å². The second-order valence-electron chi connectivity index (χ2n) is 9.15. The standard InChI is InChI=1S/C28H24N6O/c1-17(35)32-25-12-8-20(14-31-25)19-7-11-23-22(13-19)26-24(15-30-23)34(4)33-27(26)18-5-9-21(10-6-18)28(2,3)16-29/h5-15H,1-4H3,(H,31,32,35). The fourth-order valence-corrected chi connectivity index (χ4v) is 4.24. The van der Waals surface area contributed by atoms with Crippen LogP contribution in [0.25, 0.3) is 44.2 Å². The Bertz CT molecular complexity index is 1620. The maximum absolute atomic E-state index is 11.3. The number of nitrogens with zero attached hydrogens (tertiary/aromatic N) is 5. The number of pyridine rings is 2. The molecule has 0 bridgehead atoms. The van der Waals surface area contributed by atoms with Gasteiger partial charge in [-0.25, -0.2) is 4.98 Å². The van der Waals surface area contributed by atoms with Gasteiger partial charge in [-0.3, -0.25) is 14.5 Å². The van der Waals surface area contributed by atoms with E-state index in [1.165, 1.54) is 6.92 Å².